The van der Waals surface area contributed by atoms with Crippen molar-refractivity contribution < 1.29 is 17.9 Å². The standard InChI is InChI=1S/C10H21N3O4S/c1-7(2)18(15,16)13(6)8(11)12-9(14)17-10(3,4)5/h7H,1-6H3,(H2,11,12,14). The lowest BCUT2D eigenvalue weighted by Gasteiger charge is -2.24. The third-order valence-corrected chi connectivity index (χ3v) is 4.05. The second-order valence-corrected chi connectivity index (χ2v) is 7.56. The molecule has 0 saturated heterocycles. The number of amides is 1. The molecule has 0 spiro atoms. The molecule has 0 bridgehead atoms. The van der Waals surface area contributed by atoms with Gasteiger partial charge >= 0.3 is 6.09 Å². The quantitative estimate of drug-likeness (QED) is 0.584. The third-order valence-electron chi connectivity index (χ3n) is 1.91. The zero-order valence-electron chi connectivity index (χ0n) is 11.6. The number of carbonyl (C=O) groups is 1. The number of ether oxygens (including phenoxy) is 1. The molecule has 0 heterocycles. The Morgan fingerprint density at radius 3 is 2.11 bits per heavy atom. The molecule has 106 valence electrons. The first-order chi connectivity index (χ1) is 7.88. The molecule has 0 rings (SSSR count). The number of sulfonamides is 1. The van der Waals surface area contributed by atoms with Crippen LogP contribution in [0.3, 0.4) is 0 Å². The summed E-state index contributed by atoms with van der Waals surface area (Å²) in [7, 11) is -2.42. The molecular formula is C10H21N3O4S. The molecule has 0 aromatic carbocycles. The van der Waals surface area contributed by atoms with E-state index in [1.165, 1.54) is 20.9 Å². The summed E-state index contributed by atoms with van der Waals surface area (Å²) in [5, 5.41) is 8.91. The van der Waals surface area contributed by atoms with E-state index in [0.717, 1.165) is 0 Å². The van der Waals surface area contributed by atoms with Gasteiger partial charge in [-0.2, -0.15) is 0 Å². The number of guanidine groups is 1. The minimum absolute atomic E-state index is 0.544. The van der Waals surface area contributed by atoms with Gasteiger partial charge in [0.2, 0.25) is 16.0 Å². The molecule has 2 N–H and O–H groups in total. The van der Waals surface area contributed by atoms with Crippen LogP contribution in [0, 0.1) is 5.41 Å². The highest BCUT2D eigenvalue weighted by Gasteiger charge is 2.26. The van der Waals surface area contributed by atoms with Crippen molar-refractivity contribution in [2.24, 2.45) is 0 Å². The lowest BCUT2D eigenvalue weighted by molar-refractivity contribution is 0.0559. The Labute approximate surface area is 108 Å². The number of nitrogens with one attached hydrogen (secondary N) is 2. The van der Waals surface area contributed by atoms with E-state index in [-0.39, 0.29) is 0 Å². The highest BCUT2D eigenvalue weighted by molar-refractivity contribution is 7.90. The van der Waals surface area contributed by atoms with Gasteiger partial charge < -0.3 is 4.74 Å². The highest BCUT2D eigenvalue weighted by Crippen LogP contribution is 2.08. The minimum Gasteiger partial charge on any atom is -0.444 e. The van der Waals surface area contributed by atoms with Crippen LogP contribution >= 0.6 is 0 Å². The maximum atomic E-state index is 11.7. The van der Waals surface area contributed by atoms with Crippen molar-refractivity contribution in [2.75, 3.05) is 7.05 Å². The molecular weight excluding hydrogens is 258 g/mol. The van der Waals surface area contributed by atoms with Gasteiger partial charge in [-0.05, 0) is 34.6 Å². The molecule has 7 nitrogen and oxygen atoms in total. The van der Waals surface area contributed by atoms with Crippen LogP contribution in [0.1, 0.15) is 34.6 Å². The molecule has 0 unspecified atom stereocenters. The highest BCUT2D eigenvalue weighted by atomic mass is 32.2. The molecule has 1 amide bonds. The Bertz CT molecular complexity index is 423. The van der Waals surface area contributed by atoms with Crippen LogP contribution in [-0.2, 0) is 14.8 Å². The second kappa shape index (κ2) is 5.55. The summed E-state index contributed by atoms with van der Waals surface area (Å²) in [6.45, 7) is 8.00. The average molecular weight is 279 g/mol. The van der Waals surface area contributed by atoms with Gasteiger partial charge in [-0.25, -0.2) is 17.5 Å². The van der Waals surface area contributed by atoms with E-state index in [1.54, 1.807) is 20.8 Å². The van der Waals surface area contributed by atoms with Gasteiger partial charge in [0.25, 0.3) is 0 Å². The van der Waals surface area contributed by atoms with E-state index < -0.39 is 32.9 Å². The van der Waals surface area contributed by atoms with Crippen molar-refractivity contribution in [3.05, 3.63) is 0 Å². The van der Waals surface area contributed by atoms with Gasteiger partial charge in [0.15, 0.2) is 0 Å². The van der Waals surface area contributed by atoms with Crippen molar-refractivity contribution in [3.63, 3.8) is 0 Å². The predicted octanol–water partition coefficient (Wildman–Crippen LogP) is 1.12. The Kier molecular flexibility index (Phi) is 5.15. The molecule has 0 aliphatic carbocycles. The second-order valence-electron chi connectivity index (χ2n) is 5.04. The Morgan fingerprint density at radius 2 is 1.78 bits per heavy atom. The van der Waals surface area contributed by atoms with Gasteiger partial charge in [0.1, 0.15) is 5.60 Å². The lowest BCUT2D eigenvalue weighted by Crippen LogP contribution is -2.47. The number of nitrogens with zero attached hydrogens (tertiary/aromatic N) is 1. The van der Waals surface area contributed by atoms with Crippen LogP contribution in [-0.4, -0.2) is 42.7 Å². The molecule has 0 aromatic heterocycles. The summed E-state index contributed by atoms with van der Waals surface area (Å²) in [5.41, 5.74) is -0.708. The van der Waals surface area contributed by atoms with Crippen molar-refractivity contribution in [1.29, 1.82) is 5.41 Å². The van der Waals surface area contributed by atoms with E-state index in [9.17, 15) is 13.2 Å². The van der Waals surface area contributed by atoms with Crippen LogP contribution in [0.15, 0.2) is 0 Å². The van der Waals surface area contributed by atoms with Crippen molar-refractivity contribution >= 4 is 22.1 Å². The van der Waals surface area contributed by atoms with Crippen LogP contribution in [0.5, 0.6) is 0 Å². The maximum Gasteiger partial charge on any atom is 0.414 e. The van der Waals surface area contributed by atoms with Crippen LogP contribution in [0.25, 0.3) is 0 Å². The zero-order valence-corrected chi connectivity index (χ0v) is 12.4. The van der Waals surface area contributed by atoms with Crippen molar-refractivity contribution in [1.82, 2.24) is 9.62 Å². The third kappa shape index (κ3) is 4.91. The largest absolute Gasteiger partial charge is 0.444 e. The molecule has 0 aromatic rings. The summed E-state index contributed by atoms with van der Waals surface area (Å²) in [6, 6.07) is 0. The van der Waals surface area contributed by atoms with Crippen molar-refractivity contribution in [2.45, 2.75) is 45.5 Å². The monoisotopic (exact) mass is 279 g/mol. The number of carbonyl (C=O) groups excluding carboxylic acids is 1. The average Bonchev–Trinajstić information content (AvgIpc) is 2.12. The molecule has 0 aliphatic rings. The van der Waals surface area contributed by atoms with Gasteiger partial charge in [-0.15, -0.1) is 0 Å². The number of alkyl carbamates (subject to hydrolysis) is 1. The summed E-state index contributed by atoms with van der Waals surface area (Å²) < 4.78 is 29.1. The van der Waals surface area contributed by atoms with Gasteiger partial charge in [-0.1, -0.05) is 0 Å². The fraction of sp³-hybridized carbons (Fsp3) is 0.800. The molecule has 0 aliphatic heterocycles. The molecule has 0 radical (unpaired) electrons. The van der Waals surface area contributed by atoms with Crippen molar-refractivity contribution in [3.8, 4) is 0 Å². The fourth-order valence-corrected chi connectivity index (χ4v) is 1.86. The first-order valence-electron chi connectivity index (χ1n) is 5.44. The SMILES string of the molecule is CC(C)S(=O)(=O)N(C)C(=N)NC(=O)OC(C)(C)C. The smallest absolute Gasteiger partial charge is 0.414 e. The number of rotatable bonds is 2. The van der Waals surface area contributed by atoms with E-state index in [4.69, 9.17) is 10.1 Å². The minimum atomic E-state index is -3.63. The van der Waals surface area contributed by atoms with Crippen LogP contribution in [0.4, 0.5) is 4.79 Å². The lowest BCUT2D eigenvalue weighted by atomic mass is 10.2. The van der Waals surface area contributed by atoms with Gasteiger partial charge in [0, 0.05) is 7.05 Å². The van der Waals surface area contributed by atoms with Crippen LogP contribution < -0.4 is 5.32 Å². The molecule has 0 atom stereocenters. The van der Waals surface area contributed by atoms with E-state index in [1.807, 2.05) is 0 Å². The first kappa shape index (κ1) is 16.7. The number of hydrogen-bond donors (Lipinski definition) is 2. The summed E-state index contributed by atoms with van der Waals surface area (Å²) >= 11 is 0. The first-order valence-corrected chi connectivity index (χ1v) is 6.94. The summed E-state index contributed by atoms with van der Waals surface area (Å²) in [6.07, 6.45) is -0.863. The fourth-order valence-electron chi connectivity index (χ4n) is 0.922. The topological polar surface area (TPSA) is 99.6 Å². The predicted molar refractivity (Wildman–Crippen MR) is 68.9 cm³/mol. The Balaban J connectivity index is 4.66. The van der Waals surface area contributed by atoms with E-state index >= 15 is 0 Å². The number of hydrogen-bond acceptors (Lipinski definition) is 5. The molecule has 18 heavy (non-hydrogen) atoms. The normalized spacial score (nSPS) is 12.2. The van der Waals surface area contributed by atoms with E-state index in [0.29, 0.717) is 4.31 Å². The molecule has 0 saturated carbocycles. The van der Waals surface area contributed by atoms with Crippen LogP contribution in [0.2, 0.25) is 0 Å². The zero-order chi connectivity index (χ0) is 14.7. The van der Waals surface area contributed by atoms with E-state index in [2.05, 4.69) is 5.32 Å². The van der Waals surface area contributed by atoms with Gasteiger partial charge in [-0.3, -0.25) is 10.7 Å². The Hall–Kier alpha value is -1.31. The molecule has 8 heteroatoms. The summed E-state index contributed by atoms with van der Waals surface area (Å²) in [4.78, 5) is 11.4. The maximum absolute atomic E-state index is 11.7. The summed E-state index contributed by atoms with van der Waals surface area (Å²) in [5.74, 6) is -0.544. The van der Waals surface area contributed by atoms with Gasteiger partial charge in [0.05, 0.1) is 5.25 Å². The molecule has 0 fully saturated rings. The Morgan fingerprint density at radius 1 is 1.33 bits per heavy atom.